The second kappa shape index (κ2) is 9.36. The van der Waals surface area contributed by atoms with Gasteiger partial charge >= 0.3 is 0 Å². The molecule has 0 aliphatic carbocycles. The van der Waals surface area contributed by atoms with Gasteiger partial charge in [0, 0.05) is 30.3 Å². The number of nitrogens with one attached hydrogen (secondary N) is 1. The van der Waals surface area contributed by atoms with Crippen LogP contribution in [0.5, 0.6) is 5.75 Å². The third-order valence-electron chi connectivity index (χ3n) is 4.86. The number of methoxy groups -OCH3 is 1. The fourth-order valence-corrected chi connectivity index (χ4v) is 3.30. The number of pyridine rings is 1. The maximum atomic E-state index is 6.08. The first-order chi connectivity index (χ1) is 15.1. The maximum absolute atomic E-state index is 6.08. The summed E-state index contributed by atoms with van der Waals surface area (Å²) in [6.07, 6.45) is 0. The first-order valence-corrected chi connectivity index (χ1v) is 9.99. The molecular formula is C25H25N3O3. The molecule has 0 aliphatic heterocycles. The van der Waals surface area contributed by atoms with E-state index in [0.717, 1.165) is 45.0 Å². The summed E-state index contributed by atoms with van der Waals surface area (Å²) in [5, 5.41) is 4.35. The fraction of sp³-hybridized carbons (Fsp3) is 0.160. The third kappa shape index (κ3) is 5.05. The molecule has 0 amide bonds. The zero-order chi connectivity index (χ0) is 21.6. The van der Waals surface area contributed by atoms with Crippen LogP contribution in [0.1, 0.15) is 22.6 Å². The first-order valence-electron chi connectivity index (χ1n) is 9.99. The number of aromatic nitrogens is 1. The molecule has 158 valence electrons. The van der Waals surface area contributed by atoms with Crippen LogP contribution in [-0.4, -0.2) is 12.1 Å². The van der Waals surface area contributed by atoms with Crippen molar-refractivity contribution >= 4 is 22.5 Å². The van der Waals surface area contributed by atoms with Crippen LogP contribution in [0.4, 0.5) is 5.82 Å². The molecule has 0 atom stereocenters. The summed E-state index contributed by atoms with van der Waals surface area (Å²) in [5.74, 6) is 2.03. The summed E-state index contributed by atoms with van der Waals surface area (Å²) in [6, 6.07) is 21.6. The van der Waals surface area contributed by atoms with Crippen molar-refractivity contribution in [2.45, 2.75) is 19.8 Å². The molecule has 0 bridgehead atoms. The fourth-order valence-electron chi connectivity index (χ4n) is 3.30. The predicted octanol–water partition coefficient (Wildman–Crippen LogP) is 4.90. The Kier molecular flexibility index (Phi) is 6.19. The molecule has 2 aromatic carbocycles. The van der Waals surface area contributed by atoms with Crippen molar-refractivity contribution in [2.24, 2.45) is 0 Å². The highest BCUT2D eigenvalue weighted by molar-refractivity contribution is 5.79. The molecule has 4 aromatic rings. The number of hydrogen-bond acceptors (Lipinski definition) is 6. The number of hydrogen-bond donors (Lipinski definition) is 2. The minimum Gasteiger partial charge on any atom is -0.486 e. The van der Waals surface area contributed by atoms with Gasteiger partial charge in [-0.25, -0.2) is 4.98 Å². The van der Waals surface area contributed by atoms with E-state index >= 15 is 0 Å². The number of nitrogens with two attached hydrogens (primary N) is 1. The number of nitrogens with zero attached hydrogens (tertiary/aromatic N) is 1. The first kappa shape index (κ1) is 20.5. The zero-order valence-corrected chi connectivity index (χ0v) is 17.4. The van der Waals surface area contributed by atoms with E-state index < -0.39 is 0 Å². The molecular weight excluding hydrogens is 390 g/mol. The standard InChI is InChI=1S/C25H25N3O3/c1-17(23-10-9-20(15-29-2)28-25(23)26)27-14-18-8-11-24-19(12-18)13-22(31-24)16-30-21-6-4-3-5-7-21/h3-13,27H,1,14-16H2,2H3,(H2,26,28). The van der Waals surface area contributed by atoms with Crippen LogP contribution in [0.3, 0.4) is 0 Å². The highest BCUT2D eigenvalue weighted by atomic mass is 16.5. The lowest BCUT2D eigenvalue weighted by Gasteiger charge is -2.12. The van der Waals surface area contributed by atoms with Crippen molar-refractivity contribution < 1.29 is 13.9 Å². The molecule has 0 fully saturated rings. The van der Waals surface area contributed by atoms with Crippen LogP contribution in [0.25, 0.3) is 16.7 Å². The van der Waals surface area contributed by atoms with E-state index in [1.807, 2.05) is 60.7 Å². The van der Waals surface area contributed by atoms with Gasteiger partial charge in [-0.05, 0) is 48.0 Å². The summed E-state index contributed by atoms with van der Waals surface area (Å²) in [4.78, 5) is 4.35. The molecule has 2 heterocycles. The molecule has 0 saturated heterocycles. The maximum Gasteiger partial charge on any atom is 0.146 e. The summed E-state index contributed by atoms with van der Waals surface area (Å²) in [6.45, 7) is 5.51. The average Bonchev–Trinajstić information content (AvgIpc) is 3.19. The van der Waals surface area contributed by atoms with E-state index in [0.29, 0.717) is 25.6 Å². The van der Waals surface area contributed by atoms with Gasteiger partial charge in [0.15, 0.2) is 0 Å². The van der Waals surface area contributed by atoms with Gasteiger partial charge in [-0.1, -0.05) is 30.8 Å². The SMILES string of the molecule is C=C(NCc1ccc2oc(COc3ccccc3)cc2c1)c1ccc(COC)nc1N. The van der Waals surface area contributed by atoms with Gasteiger partial charge in [0.1, 0.15) is 29.5 Å². The molecule has 0 spiro atoms. The lowest BCUT2D eigenvalue weighted by atomic mass is 10.1. The van der Waals surface area contributed by atoms with Gasteiger partial charge in [0.2, 0.25) is 0 Å². The monoisotopic (exact) mass is 415 g/mol. The smallest absolute Gasteiger partial charge is 0.146 e. The van der Waals surface area contributed by atoms with Gasteiger partial charge in [0.25, 0.3) is 0 Å². The molecule has 0 saturated carbocycles. The Bertz CT molecular complexity index is 1190. The van der Waals surface area contributed by atoms with E-state index in [4.69, 9.17) is 19.6 Å². The van der Waals surface area contributed by atoms with E-state index in [9.17, 15) is 0 Å². The van der Waals surface area contributed by atoms with Crippen LogP contribution in [-0.2, 0) is 24.5 Å². The minimum atomic E-state index is 0.383. The molecule has 0 radical (unpaired) electrons. The number of benzene rings is 2. The zero-order valence-electron chi connectivity index (χ0n) is 17.4. The molecule has 6 heteroatoms. The average molecular weight is 415 g/mol. The summed E-state index contributed by atoms with van der Waals surface area (Å²) >= 11 is 0. The number of ether oxygens (including phenoxy) is 2. The van der Waals surface area contributed by atoms with Gasteiger partial charge in [0.05, 0.1) is 12.3 Å². The van der Waals surface area contributed by atoms with Crippen molar-refractivity contribution in [3.8, 4) is 5.75 Å². The Balaban J connectivity index is 1.39. The predicted molar refractivity (Wildman–Crippen MR) is 122 cm³/mol. The van der Waals surface area contributed by atoms with Gasteiger partial charge in [-0.2, -0.15) is 0 Å². The summed E-state index contributed by atoms with van der Waals surface area (Å²) in [7, 11) is 1.63. The van der Waals surface area contributed by atoms with Crippen LogP contribution < -0.4 is 15.8 Å². The van der Waals surface area contributed by atoms with Crippen LogP contribution >= 0.6 is 0 Å². The van der Waals surface area contributed by atoms with Crippen molar-refractivity contribution in [1.29, 1.82) is 0 Å². The lowest BCUT2D eigenvalue weighted by molar-refractivity contribution is 0.181. The Morgan fingerprint density at radius 3 is 2.68 bits per heavy atom. The lowest BCUT2D eigenvalue weighted by Crippen LogP contribution is -2.13. The van der Waals surface area contributed by atoms with E-state index in [1.165, 1.54) is 0 Å². The van der Waals surface area contributed by atoms with Crippen LogP contribution in [0, 0.1) is 0 Å². The normalized spacial score (nSPS) is 10.9. The van der Waals surface area contributed by atoms with Crippen molar-refractivity contribution in [3.63, 3.8) is 0 Å². The van der Waals surface area contributed by atoms with Gasteiger partial charge in [-0.15, -0.1) is 0 Å². The largest absolute Gasteiger partial charge is 0.486 e. The molecule has 31 heavy (non-hydrogen) atoms. The summed E-state index contributed by atoms with van der Waals surface area (Å²) in [5.41, 5.74) is 10.3. The molecule has 2 aromatic heterocycles. The quantitative estimate of drug-likeness (QED) is 0.405. The van der Waals surface area contributed by atoms with Crippen molar-refractivity contribution in [1.82, 2.24) is 10.3 Å². The highest BCUT2D eigenvalue weighted by Gasteiger charge is 2.09. The van der Waals surface area contributed by atoms with Gasteiger partial charge in [-0.3, -0.25) is 0 Å². The Morgan fingerprint density at radius 1 is 1.06 bits per heavy atom. The number of nitrogen functional groups attached to an aromatic ring is 1. The van der Waals surface area contributed by atoms with Crippen molar-refractivity contribution in [2.75, 3.05) is 12.8 Å². The number of fused-ring (bicyclic) bond motifs is 1. The Hall–Kier alpha value is -3.77. The molecule has 6 nitrogen and oxygen atoms in total. The molecule has 0 aliphatic rings. The molecule has 0 unspecified atom stereocenters. The van der Waals surface area contributed by atoms with E-state index in [1.54, 1.807) is 7.11 Å². The molecule has 4 rings (SSSR count). The van der Waals surface area contributed by atoms with Crippen LogP contribution in [0.15, 0.2) is 77.7 Å². The number of para-hydroxylation sites is 1. The number of anilines is 1. The second-order valence-corrected chi connectivity index (χ2v) is 7.19. The second-order valence-electron chi connectivity index (χ2n) is 7.19. The third-order valence-corrected chi connectivity index (χ3v) is 4.86. The van der Waals surface area contributed by atoms with Crippen LogP contribution in [0.2, 0.25) is 0 Å². The summed E-state index contributed by atoms with van der Waals surface area (Å²) < 4.78 is 16.8. The van der Waals surface area contributed by atoms with Crippen molar-refractivity contribution in [3.05, 3.63) is 95.9 Å². The highest BCUT2D eigenvalue weighted by Crippen LogP contribution is 2.23. The number of furan rings is 1. The Labute approximate surface area is 181 Å². The van der Waals surface area contributed by atoms with Gasteiger partial charge < -0.3 is 24.9 Å². The number of rotatable bonds is 9. The van der Waals surface area contributed by atoms with E-state index in [2.05, 4.69) is 22.9 Å². The Morgan fingerprint density at radius 2 is 1.90 bits per heavy atom. The minimum absolute atomic E-state index is 0.383. The van der Waals surface area contributed by atoms with E-state index in [-0.39, 0.29) is 0 Å². The molecule has 3 N–H and O–H groups in total. The topological polar surface area (TPSA) is 82.5 Å².